The number of hydrogen-bond donors (Lipinski definition) is 4. The van der Waals surface area contributed by atoms with Crippen LogP contribution in [0, 0.1) is 5.82 Å². The summed E-state index contributed by atoms with van der Waals surface area (Å²) in [5.41, 5.74) is 5.20. The first-order valence-electron chi connectivity index (χ1n) is 4.66. The Balaban J connectivity index is 2.67. The topological polar surface area (TPSA) is 113 Å². The van der Waals surface area contributed by atoms with Crippen molar-refractivity contribution in [3.8, 4) is 0 Å². The van der Waals surface area contributed by atoms with Crippen LogP contribution >= 0.6 is 0 Å². The highest BCUT2D eigenvalue weighted by molar-refractivity contribution is 5.95. The minimum absolute atomic E-state index is 0.171. The Labute approximate surface area is 95.9 Å². The molecule has 0 spiro atoms. The molecule has 0 radical (unpaired) electrons. The van der Waals surface area contributed by atoms with Gasteiger partial charge in [0.05, 0.1) is 12.1 Å². The molecule has 0 aliphatic carbocycles. The molecule has 1 atom stereocenters. The lowest BCUT2D eigenvalue weighted by Gasteiger charge is -2.08. The van der Waals surface area contributed by atoms with Crippen molar-refractivity contribution in [1.29, 1.82) is 0 Å². The van der Waals surface area contributed by atoms with Crippen LogP contribution in [0.2, 0.25) is 0 Å². The van der Waals surface area contributed by atoms with Crippen molar-refractivity contribution < 1.29 is 24.2 Å². The molecule has 6 nitrogen and oxygen atoms in total. The van der Waals surface area contributed by atoms with Crippen LogP contribution in [0.5, 0.6) is 0 Å². The van der Waals surface area contributed by atoms with Crippen LogP contribution < -0.4 is 11.1 Å². The average Bonchev–Trinajstić information content (AvgIpc) is 2.25. The highest BCUT2D eigenvalue weighted by Crippen LogP contribution is 2.11. The molecule has 0 fully saturated rings. The molecule has 7 heteroatoms. The van der Waals surface area contributed by atoms with Crippen LogP contribution in [-0.4, -0.2) is 34.7 Å². The summed E-state index contributed by atoms with van der Waals surface area (Å²) in [4.78, 5) is 21.7. The van der Waals surface area contributed by atoms with E-state index in [2.05, 4.69) is 5.32 Å². The molecule has 92 valence electrons. The summed E-state index contributed by atoms with van der Waals surface area (Å²) in [5, 5.41) is 19.4. The van der Waals surface area contributed by atoms with Crippen LogP contribution in [0.3, 0.4) is 0 Å². The van der Waals surface area contributed by atoms with Gasteiger partial charge in [0, 0.05) is 5.69 Å². The quantitative estimate of drug-likeness (QED) is 0.536. The Morgan fingerprint density at radius 2 is 2.12 bits per heavy atom. The summed E-state index contributed by atoms with van der Waals surface area (Å²) >= 11 is 0. The number of hydrogen-bond acceptors (Lipinski definition) is 4. The van der Waals surface area contributed by atoms with E-state index in [9.17, 15) is 14.0 Å². The van der Waals surface area contributed by atoms with Crippen molar-refractivity contribution in [3.05, 3.63) is 29.6 Å². The van der Waals surface area contributed by atoms with Crippen molar-refractivity contribution in [3.63, 3.8) is 0 Å². The number of aliphatic hydroxyl groups is 1. The highest BCUT2D eigenvalue weighted by atomic mass is 19.1. The average molecular weight is 242 g/mol. The number of nitrogens with two attached hydrogens (primary N) is 1. The van der Waals surface area contributed by atoms with E-state index in [1.165, 1.54) is 12.1 Å². The predicted octanol–water partition coefficient (Wildman–Crippen LogP) is -0.417. The van der Waals surface area contributed by atoms with Crippen molar-refractivity contribution in [2.24, 2.45) is 0 Å². The third-order valence-electron chi connectivity index (χ3n) is 1.98. The minimum Gasteiger partial charge on any atom is -0.479 e. The van der Waals surface area contributed by atoms with Crippen LogP contribution in [0.25, 0.3) is 0 Å². The Morgan fingerprint density at radius 1 is 1.47 bits per heavy atom. The van der Waals surface area contributed by atoms with Gasteiger partial charge in [0.25, 0.3) is 5.91 Å². The van der Waals surface area contributed by atoms with Gasteiger partial charge in [-0.2, -0.15) is 0 Å². The number of halogens is 1. The van der Waals surface area contributed by atoms with Gasteiger partial charge in [-0.3, -0.25) is 4.79 Å². The van der Waals surface area contributed by atoms with Crippen molar-refractivity contribution in [2.75, 3.05) is 12.3 Å². The van der Waals surface area contributed by atoms with Gasteiger partial charge in [0.1, 0.15) is 5.82 Å². The maximum atomic E-state index is 13.3. The zero-order valence-electron chi connectivity index (χ0n) is 8.68. The predicted molar refractivity (Wildman–Crippen MR) is 56.8 cm³/mol. The number of amides is 1. The van der Waals surface area contributed by atoms with Gasteiger partial charge >= 0.3 is 5.97 Å². The summed E-state index contributed by atoms with van der Waals surface area (Å²) in [6, 6.07) is 3.49. The van der Waals surface area contributed by atoms with Gasteiger partial charge in [-0.25, -0.2) is 9.18 Å². The number of nitrogen functional groups attached to an aromatic ring is 1. The fourth-order valence-electron chi connectivity index (χ4n) is 1.09. The lowest BCUT2D eigenvalue weighted by molar-refractivity contribution is -0.146. The van der Waals surface area contributed by atoms with E-state index in [1.807, 2.05) is 0 Å². The lowest BCUT2D eigenvalue weighted by atomic mass is 10.2. The number of carboxylic acids is 1. The molecule has 1 aromatic rings. The maximum Gasteiger partial charge on any atom is 0.334 e. The fraction of sp³-hybridized carbons (Fsp3) is 0.200. The summed E-state index contributed by atoms with van der Waals surface area (Å²) in [5.74, 6) is -3.10. The van der Waals surface area contributed by atoms with E-state index in [0.717, 1.165) is 6.07 Å². The van der Waals surface area contributed by atoms with Gasteiger partial charge in [-0.1, -0.05) is 0 Å². The largest absolute Gasteiger partial charge is 0.479 e. The fourth-order valence-corrected chi connectivity index (χ4v) is 1.09. The molecule has 0 saturated heterocycles. The number of carbonyl (C=O) groups is 2. The van der Waals surface area contributed by atoms with Crippen molar-refractivity contribution >= 4 is 17.6 Å². The highest BCUT2D eigenvalue weighted by Gasteiger charge is 2.16. The van der Waals surface area contributed by atoms with Gasteiger partial charge in [-0.15, -0.1) is 0 Å². The van der Waals surface area contributed by atoms with E-state index in [-0.39, 0.29) is 11.3 Å². The van der Waals surface area contributed by atoms with Crippen LogP contribution in [-0.2, 0) is 4.79 Å². The third-order valence-corrected chi connectivity index (χ3v) is 1.98. The van der Waals surface area contributed by atoms with E-state index >= 15 is 0 Å². The number of carboxylic acid groups (broad SMARTS) is 1. The molecule has 0 aromatic heterocycles. The van der Waals surface area contributed by atoms with Crippen molar-refractivity contribution in [2.45, 2.75) is 6.10 Å². The Kier molecular flexibility index (Phi) is 4.00. The first-order valence-corrected chi connectivity index (χ1v) is 4.66. The number of aliphatic carboxylic acids is 1. The normalized spacial score (nSPS) is 11.9. The Morgan fingerprint density at radius 3 is 2.65 bits per heavy atom. The number of anilines is 1. The number of benzene rings is 1. The number of nitrogens with one attached hydrogen (secondary N) is 1. The molecule has 1 aromatic carbocycles. The first-order chi connectivity index (χ1) is 7.91. The van der Waals surface area contributed by atoms with Crippen LogP contribution in [0.4, 0.5) is 10.1 Å². The Hall–Kier alpha value is -2.15. The van der Waals surface area contributed by atoms with E-state index < -0.39 is 30.3 Å². The second kappa shape index (κ2) is 5.26. The standard InChI is InChI=1S/C10H11FN2O4/c11-7-3-5(12)1-2-6(7)9(15)13-4-8(14)10(16)17/h1-3,8,14H,4,12H2,(H,13,15)(H,16,17). The molecular weight excluding hydrogens is 231 g/mol. The number of rotatable bonds is 4. The van der Waals surface area contributed by atoms with E-state index in [1.54, 1.807) is 0 Å². The summed E-state index contributed by atoms with van der Waals surface area (Å²) < 4.78 is 13.3. The Bertz CT molecular complexity index is 450. The summed E-state index contributed by atoms with van der Waals surface area (Å²) in [7, 11) is 0. The SMILES string of the molecule is Nc1ccc(C(=O)NCC(O)C(=O)O)c(F)c1. The molecule has 0 aliphatic heterocycles. The van der Waals surface area contributed by atoms with Gasteiger partial charge < -0.3 is 21.3 Å². The second-order valence-corrected chi connectivity index (χ2v) is 3.30. The number of carbonyl (C=O) groups excluding carboxylic acids is 1. The molecule has 5 N–H and O–H groups in total. The molecular formula is C10H11FN2O4. The molecule has 0 aliphatic rings. The van der Waals surface area contributed by atoms with Gasteiger partial charge in [0.15, 0.2) is 6.10 Å². The molecule has 0 saturated carbocycles. The monoisotopic (exact) mass is 242 g/mol. The van der Waals surface area contributed by atoms with Crippen LogP contribution in [0.15, 0.2) is 18.2 Å². The summed E-state index contributed by atoms with van der Waals surface area (Å²) in [6.07, 6.45) is -1.73. The third kappa shape index (κ3) is 3.42. The zero-order valence-corrected chi connectivity index (χ0v) is 8.68. The molecule has 1 unspecified atom stereocenters. The molecule has 0 heterocycles. The molecule has 1 amide bonds. The zero-order chi connectivity index (χ0) is 13.0. The van der Waals surface area contributed by atoms with E-state index in [0.29, 0.717) is 0 Å². The van der Waals surface area contributed by atoms with Gasteiger partial charge in [-0.05, 0) is 18.2 Å². The summed E-state index contributed by atoms with van der Waals surface area (Å²) in [6.45, 7) is -0.502. The van der Waals surface area contributed by atoms with Crippen molar-refractivity contribution in [1.82, 2.24) is 5.32 Å². The first kappa shape index (κ1) is 12.9. The van der Waals surface area contributed by atoms with Gasteiger partial charge in [0.2, 0.25) is 0 Å². The van der Waals surface area contributed by atoms with Crippen LogP contribution in [0.1, 0.15) is 10.4 Å². The maximum absolute atomic E-state index is 13.3. The minimum atomic E-state index is -1.73. The smallest absolute Gasteiger partial charge is 0.334 e. The molecule has 0 bridgehead atoms. The van der Waals surface area contributed by atoms with E-state index in [4.69, 9.17) is 15.9 Å². The lowest BCUT2D eigenvalue weighted by Crippen LogP contribution is -2.36. The molecule has 1 rings (SSSR count). The second-order valence-electron chi connectivity index (χ2n) is 3.30. The molecule has 17 heavy (non-hydrogen) atoms. The number of aliphatic hydroxyl groups excluding tert-OH is 1.